The van der Waals surface area contributed by atoms with Crippen molar-refractivity contribution >= 4 is 11.3 Å². The van der Waals surface area contributed by atoms with E-state index in [0.29, 0.717) is 5.92 Å². The van der Waals surface area contributed by atoms with E-state index in [0.717, 1.165) is 25.4 Å². The van der Waals surface area contributed by atoms with Gasteiger partial charge in [0.1, 0.15) is 10.0 Å². The smallest absolute Gasteiger partial charge is 0.119 e. The van der Waals surface area contributed by atoms with Crippen LogP contribution in [0.3, 0.4) is 0 Å². The van der Waals surface area contributed by atoms with Crippen LogP contribution in [-0.2, 0) is 6.42 Å². The van der Waals surface area contributed by atoms with Gasteiger partial charge in [-0.25, -0.2) is 0 Å². The molecule has 1 aliphatic rings. The summed E-state index contributed by atoms with van der Waals surface area (Å²) < 4.78 is 0. The monoisotopic (exact) mass is 197 g/mol. The van der Waals surface area contributed by atoms with Crippen LogP contribution in [0.1, 0.15) is 29.8 Å². The Kier molecular flexibility index (Phi) is 2.60. The van der Waals surface area contributed by atoms with Crippen LogP contribution in [0.5, 0.6) is 0 Å². The molecule has 1 aromatic heterocycles. The van der Waals surface area contributed by atoms with Gasteiger partial charge in [-0.2, -0.15) is 0 Å². The van der Waals surface area contributed by atoms with E-state index in [1.807, 2.05) is 0 Å². The second kappa shape index (κ2) is 3.72. The SMILES string of the molecule is CC(C)c1nnc(CC2CNC2)s1. The normalized spacial score (nSPS) is 17.8. The van der Waals surface area contributed by atoms with Crippen molar-refractivity contribution in [2.24, 2.45) is 5.92 Å². The van der Waals surface area contributed by atoms with Gasteiger partial charge in [0.15, 0.2) is 0 Å². The quantitative estimate of drug-likeness (QED) is 0.796. The van der Waals surface area contributed by atoms with Crippen molar-refractivity contribution in [3.8, 4) is 0 Å². The predicted molar refractivity (Wildman–Crippen MR) is 54.1 cm³/mol. The Morgan fingerprint density at radius 1 is 1.46 bits per heavy atom. The number of nitrogens with zero attached hydrogens (tertiary/aromatic N) is 2. The van der Waals surface area contributed by atoms with Crippen molar-refractivity contribution in [3.63, 3.8) is 0 Å². The fourth-order valence-corrected chi connectivity index (χ4v) is 2.28. The Morgan fingerprint density at radius 2 is 2.23 bits per heavy atom. The molecule has 0 atom stereocenters. The first kappa shape index (κ1) is 9.09. The molecule has 1 aromatic rings. The van der Waals surface area contributed by atoms with Crippen molar-refractivity contribution in [1.29, 1.82) is 0 Å². The van der Waals surface area contributed by atoms with Gasteiger partial charge in [-0.3, -0.25) is 0 Å². The Hall–Kier alpha value is -0.480. The van der Waals surface area contributed by atoms with E-state index in [4.69, 9.17) is 0 Å². The maximum Gasteiger partial charge on any atom is 0.119 e. The summed E-state index contributed by atoms with van der Waals surface area (Å²) in [6.07, 6.45) is 1.11. The van der Waals surface area contributed by atoms with Crippen LogP contribution >= 0.6 is 11.3 Å². The van der Waals surface area contributed by atoms with E-state index in [1.165, 1.54) is 10.0 Å². The molecule has 1 fully saturated rings. The molecular formula is C9H15N3S. The van der Waals surface area contributed by atoms with Gasteiger partial charge in [-0.05, 0) is 19.0 Å². The summed E-state index contributed by atoms with van der Waals surface area (Å²) in [6, 6.07) is 0. The third kappa shape index (κ3) is 2.06. The van der Waals surface area contributed by atoms with Crippen LogP contribution in [-0.4, -0.2) is 23.3 Å². The maximum atomic E-state index is 4.20. The Morgan fingerprint density at radius 3 is 2.69 bits per heavy atom. The number of hydrogen-bond donors (Lipinski definition) is 1. The number of hydrogen-bond acceptors (Lipinski definition) is 4. The second-order valence-corrected chi connectivity index (χ2v) is 5.01. The highest BCUT2D eigenvalue weighted by molar-refractivity contribution is 7.11. The van der Waals surface area contributed by atoms with E-state index in [2.05, 4.69) is 29.4 Å². The average molecular weight is 197 g/mol. The molecule has 4 heteroatoms. The Labute approximate surface area is 82.6 Å². The summed E-state index contributed by atoms with van der Waals surface area (Å²) in [5.74, 6) is 1.32. The minimum absolute atomic E-state index is 0.519. The molecular weight excluding hydrogens is 182 g/mol. The lowest BCUT2D eigenvalue weighted by molar-refractivity contribution is 0.345. The molecule has 0 saturated carbocycles. The van der Waals surface area contributed by atoms with Crippen LogP contribution in [0.15, 0.2) is 0 Å². The van der Waals surface area contributed by atoms with Gasteiger partial charge in [0.2, 0.25) is 0 Å². The van der Waals surface area contributed by atoms with Crippen molar-refractivity contribution in [1.82, 2.24) is 15.5 Å². The summed E-state index contributed by atoms with van der Waals surface area (Å²) in [6.45, 7) is 6.62. The molecule has 1 aliphatic heterocycles. The third-order valence-corrected chi connectivity index (χ3v) is 3.55. The summed E-state index contributed by atoms with van der Waals surface area (Å²) in [4.78, 5) is 0. The second-order valence-electron chi connectivity index (χ2n) is 3.92. The van der Waals surface area contributed by atoms with Crippen LogP contribution < -0.4 is 5.32 Å². The molecule has 0 radical (unpaired) electrons. The van der Waals surface area contributed by atoms with Crippen LogP contribution in [0.4, 0.5) is 0 Å². The van der Waals surface area contributed by atoms with Crippen molar-refractivity contribution in [2.45, 2.75) is 26.2 Å². The number of nitrogens with one attached hydrogen (secondary N) is 1. The lowest BCUT2D eigenvalue weighted by atomic mass is 10.0. The summed E-state index contributed by atoms with van der Waals surface area (Å²) >= 11 is 1.77. The van der Waals surface area contributed by atoms with Crippen LogP contribution in [0.25, 0.3) is 0 Å². The zero-order valence-corrected chi connectivity index (χ0v) is 8.90. The molecule has 0 bridgehead atoms. The average Bonchev–Trinajstić information content (AvgIpc) is 2.44. The minimum atomic E-state index is 0.519. The first-order valence-electron chi connectivity index (χ1n) is 4.78. The zero-order valence-electron chi connectivity index (χ0n) is 8.08. The van der Waals surface area contributed by atoms with E-state index in [-0.39, 0.29) is 0 Å². The van der Waals surface area contributed by atoms with Crippen molar-refractivity contribution in [2.75, 3.05) is 13.1 Å². The molecule has 13 heavy (non-hydrogen) atoms. The lowest BCUT2D eigenvalue weighted by Crippen LogP contribution is -2.43. The first-order valence-corrected chi connectivity index (χ1v) is 5.60. The highest BCUT2D eigenvalue weighted by Crippen LogP contribution is 2.21. The van der Waals surface area contributed by atoms with Crippen molar-refractivity contribution < 1.29 is 0 Å². The molecule has 2 rings (SSSR count). The van der Waals surface area contributed by atoms with E-state index in [9.17, 15) is 0 Å². The van der Waals surface area contributed by atoms with Gasteiger partial charge < -0.3 is 5.32 Å². The fraction of sp³-hybridized carbons (Fsp3) is 0.778. The van der Waals surface area contributed by atoms with Gasteiger partial charge in [0.05, 0.1) is 0 Å². The molecule has 0 unspecified atom stereocenters. The lowest BCUT2D eigenvalue weighted by Gasteiger charge is -2.25. The molecule has 0 aromatic carbocycles. The number of aromatic nitrogens is 2. The first-order chi connectivity index (χ1) is 6.25. The summed E-state index contributed by atoms with van der Waals surface area (Å²) in [5, 5.41) is 14.0. The van der Waals surface area contributed by atoms with Gasteiger partial charge in [-0.15, -0.1) is 21.5 Å². The fourth-order valence-electron chi connectivity index (χ4n) is 1.32. The molecule has 2 heterocycles. The van der Waals surface area contributed by atoms with E-state index in [1.54, 1.807) is 11.3 Å². The number of rotatable bonds is 3. The largest absolute Gasteiger partial charge is 0.316 e. The van der Waals surface area contributed by atoms with Crippen molar-refractivity contribution in [3.05, 3.63) is 10.0 Å². The molecule has 0 amide bonds. The third-order valence-electron chi connectivity index (χ3n) is 2.31. The molecule has 1 N–H and O–H groups in total. The summed E-state index contributed by atoms with van der Waals surface area (Å²) in [7, 11) is 0. The maximum absolute atomic E-state index is 4.20. The van der Waals surface area contributed by atoms with Crippen LogP contribution in [0.2, 0.25) is 0 Å². The topological polar surface area (TPSA) is 37.8 Å². The Bertz CT molecular complexity index is 278. The molecule has 1 saturated heterocycles. The summed E-state index contributed by atoms with van der Waals surface area (Å²) in [5.41, 5.74) is 0. The van der Waals surface area contributed by atoms with Gasteiger partial charge >= 0.3 is 0 Å². The highest BCUT2D eigenvalue weighted by atomic mass is 32.1. The van der Waals surface area contributed by atoms with E-state index < -0.39 is 0 Å². The van der Waals surface area contributed by atoms with Gasteiger partial charge in [0.25, 0.3) is 0 Å². The van der Waals surface area contributed by atoms with E-state index >= 15 is 0 Å². The van der Waals surface area contributed by atoms with Gasteiger partial charge in [-0.1, -0.05) is 13.8 Å². The molecule has 0 aliphatic carbocycles. The predicted octanol–water partition coefficient (Wildman–Crippen LogP) is 1.42. The minimum Gasteiger partial charge on any atom is -0.316 e. The molecule has 3 nitrogen and oxygen atoms in total. The molecule has 0 spiro atoms. The standard InChI is InChI=1S/C9H15N3S/c1-6(2)9-12-11-8(13-9)3-7-4-10-5-7/h6-7,10H,3-5H2,1-2H3. The molecule has 72 valence electrons. The van der Waals surface area contributed by atoms with Crippen LogP contribution in [0, 0.1) is 5.92 Å². The van der Waals surface area contributed by atoms with Gasteiger partial charge in [0, 0.05) is 12.3 Å². The highest BCUT2D eigenvalue weighted by Gasteiger charge is 2.19. The zero-order chi connectivity index (χ0) is 9.26. The Balaban J connectivity index is 1.96.